The second-order valence-electron chi connectivity index (χ2n) is 25.1. The molecule has 16 rings (SSSR count). The van der Waals surface area contributed by atoms with E-state index in [0.717, 1.165) is 15.6 Å². The van der Waals surface area contributed by atoms with E-state index in [0.29, 0.717) is 64.6 Å². The van der Waals surface area contributed by atoms with Crippen molar-refractivity contribution in [3.05, 3.63) is 360 Å². The van der Waals surface area contributed by atoms with E-state index in [4.69, 9.17) is 35.0 Å². The average Bonchev–Trinajstić information content (AvgIpc) is 1.65. The molecule has 4 N–H and O–H groups in total. The van der Waals surface area contributed by atoms with Gasteiger partial charge in [0.2, 0.25) is 11.6 Å². The summed E-state index contributed by atoms with van der Waals surface area (Å²) in [6, 6.07) is 93.1. The van der Waals surface area contributed by atoms with E-state index < -0.39 is 39.7 Å². The van der Waals surface area contributed by atoms with E-state index in [1.165, 1.54) is 41.6 Å². The maximum atomic E-state index is 13.2. The molecular weight excluding hydrogens is 1680 g/mol. The van der Waals surface area contributed by atoms with Crippen LogP contribution in [0.4, 0.5) is 11.4 Å². The first-order valence-electron chi connectivity index (χ1n) is 35.6. The van der Waals surface area contributed by atoms with E-state index in [9.17, 15) is 19.2 Å². The van der Waals surface area contributed by atoms with Gasteiger partial charge >= 0.3 is 35.0 Å². The van der Waals surface area contributed by atoms with Crippen molar-refractivity contribution in [3.63, 3.8) is 0 Å². The number of aromatic nitrogens is 10. The molecule has 0 fully saturated rings. The number of halogens is 3. The molecule has 0 bridgehead atoms. The normalized spacial score (nSPS) is 12.9. The number of carbonyl (C=O) groups excluding carboxylic acids is 4. The van der Waals surface area contributed by atoms with Crippen molar-refractivity contribution in [1.29, 1.82) is 0 Å². The number of aryl methyl sites for hydroxylation is 2. The van der Waals surface area contributed by atoms with Crippen LogP contribution < -0.4 is 61.7 Å². The molecule has 2 aliphatic heterocycles. The summed E-state index contributed by atoms with van der Waals surface area (Å²) in [7, 11) is 15.7. The molecule has 2 atom stereocenters. The number of nitrogens with one attached hydrogen (secondary N) is 4. The third-order valence-corrected chi connectivity index (χ3v) is 22.7. The average molecular weight is 1760 g/mol. The van der Waals surface area contributed by atoms with Gasteiger partial charge in [-0.15, -0.1) is 16.6 Å². The fourth-order valence-electron chi connectivity index (χ4n) is 11.7. The number of H-pyrrole nitrogens is 2. The Kier molecular flexibility index (Phi) is 32.7. The molecule has 4 amide bonds. The molecule has 0 saturated carbocycles. The molecule has 0 aliphatic carbocycles. The first-order valence-corrected chi connectivity index (χ1v) is 43.1. The number of carbonyl (C=O) groups is 4. The van der Waals surface area contributed by atoms with Gasteiger partial charge < -0.3 is 39.0 Å². The van der Waals surface area contributed by atoms with Gasteiger partial charge in [-0.05, 0) is 107 Å². The van der Waals surface area contributed by atoms with Crippen LogP contribution in [0.3, 0.4) is 0 Å². The van der Waals surface area contributed by atoms with Crippen molar-refractivity contribution in [2.75, 3.05) is 37.1 Å². The number of benzene rings is 10. The Labute approximate surface area is 696 Å². The van der Waals surface area contributed by atoms with Crippen molar-refractivity contribution in [3.8, 4) is 35.7 Å². The van der Waals surface area contributed by atoms with E-state index in [2.05, 4.69) is 267 Å². The van der Waals surface area contributed by atoms with Gasteiger partial charge in [0.25, 0.3) is 23.6 Å². The maximum Gasteiger partial charge on any atom is -0.0134 e. The van der Waals surface area contributed by atoms with Crippen LogP contribution in [0, 0.1) is 24.2 Å². The Morgan fingerprint density at radius 3 is 1.16 bits per heavy atom. The molecule has 14 aromatic rings. The van der Waals surface area contributed by atoms with Crippen LogP contribution in [0.5, 0.6) is 11.5 Å². The molecular formula is C89H81BrCl2N14O6P2Pd. The molecule has 0 radical (unpaired) electrons. The van der Waals surface area contributed by atoms with Crippen LogP contribution in [0.2, 0.25) is 0 Å². The zero-order valence-corrected chi connectivity index (χ0v) is 68.6. The van der Waals surface area contributed by atoms with Gasteiger partial charge in [-0.25, -0.2) is 19.9 Å². The number of hydrogen-bond acceptors (Lipinski definition) is 12. The minimum atomic E-state index is -0.909. The fourth-order valence-corrected chi connectivity index (χ4v) is 16.7. The molecule has 6 heterocycles. The number of terminal acetylenes is 1. The van der Waals surface area contributed by atoms with Crippen LogP contribution in [-0.4, -0.2) is 112 Å². The van der Waals surface area contributed by atoms with Gasteiger partial charge in [0.05, 0.1) is 11.4 Å². The molecule has 4 aromatic heterocycles. The number of amides is 4. The predicted octanol–water partition coefficient (Wildman–Crippen LogP) is 13.3. The topological polar surface area (TPSA) is 236 Å². The summed E-state index contributed by atoms with van der Waals surface area (Å²) in [6.45, 7) is -0.00759. The number of hydrogen-bond donors (Lipinski definition) is 4. The van der Waals surface area contributed by atoms with Gasteiger partial charge in [0, 0.05) is 75.9 Å². The van der Waals surface area contributed by atoms with Crippen LogP contribution in [-0.2, 0) is 52.5 Å². The van der Waals surface area contributed by atoms with Crippen molar-refractivity contribution in [2.24, 2.45) is 14.1 Å². The Morgan fingerprint density at radius 2 is 0.826 bits per heavy atom. The first kappa shape index (κ1) is 85.5. The van der Waals surface area contributed by atoms with E-state index in [1.54, 1.807) is 55.3 Å². The summed E-state index contributed by atoms with van der Waals surface area (Å²) in [4.78, 5) is 70.8. The molecule has 0 spiro atoms. The number of aromatic amines is 2. The number of imidazole rings is 2. The maximum absolute atomic E-state index is 13.2. The van der Waals surface area contributed by atoms with Crippen molar-refractivity contribution in [2.45, 2.75) is 32.4 Å². The van der Waals surface area contributed by atoms with E-state index >= 15 is 0 Å². The molecule has 26 heteroatoms. The molecule has 0 saturated heterocycles. The minimum Gasteiger partial charge on any atom is -0.0622 e. The van der Waals surface area contributed by atoms with Crippen LogP contribution in [0.15, 0.2) is 308 Å². The summed E-state index contributed by atoms with van der Waals surface area (Å²) in [6.07, 6.45) is 13.1. The number of likely N-dealkylation sites (N-methyl/N-ethyl adjacent to an activating group) is 2. The first-order chi connectivity index (χ1) is 55.6. The SMILES string of the molecule is C.C#Cc1nccn1C.CN1C(=O)[C@@H](NC(=O)c2n[nH]c(Cc3ccccc3)n2)COc2ccc(Br)cc21.CN1C(=O)[C@@H](NC(=O)c2n[nH]c(Cc3ccccc3)n2)COc2ccc(C#Cc3nccn3C)cc21.[Cl][Pd][Cl].c1ccc(P(c2ccccc2)c2ccccc2)cc1.c1ccc(P(c2ccccc2)c2ccccc2)cc1. The predicted molar refractivity (Wildman–Crippen MR) is 461 cm³/mol. The van der Waals surface area contributed by atoms with Crippen LogP contribution >= 0.6 is 50.8 Å². The van der Waals surface area contributed by atoms with Crippen molar-refractivity contribution in [1.82, 2.24) is 60.1 Å². The van der Waals surface area contributed by atoms with Gasteiger partial charge in [-0.1, -0.05) is 272 Å². The third kappa shape index (κ3) is 24.3. The largest absolute Gasteiger partial charge is 0.0622 e. The van der Waals surface area contributed by atoms with Crippen LogP contribution in [0.1, 0.15) is 68.7 Å². The number of rotatable bonds is 14. The Balaban J connectivity index is 0.000000159. The summed E-state index contributed by atoms with van der Waals surface area (Å²) in [5.74, 6) is 10.3. The standard InChI is InChI=1S/C26H23N7O3.C20H18BrN5O3.2C18H15P.C6H6N2.CH4.2ClH.Pd/c1-32-13-12-27-23(32)11-9-18-8-10-21-20(14-18)33(2)26(35)19(16-36-21)28-25(34)24-29-22(30-31-24)15-17-6-4-3-5-7-17;1-26-15-10-13(21)7-8-16(15)29-11-14(20(26)28)22-19(27)18-23-17(24-25-18)9-12-5-3-2-4-6-12;2*1-4-10-16(11-5-1)19(17-12-6-2-7-13-17)18-14-8-3-9-15-18;1-3-6-7-4-5-8(6)2;;;;/h3-8,10,12-14,19H,15-16H2,1-2H3,(H,28,34)(H,29,30,31);2-8,10,14H,9,11H2,1H3,(H,22,27)(H,23,24,25);2*1-15H;1,4-5H,2H3;1H4;2*1H;/q;;;;;;;;+2/p-2/t19-;14-;;;;;;;/m00......./s1. The number of anilines is 2. The zero-order chi connectivity index (χ0) is 80.0. The number of ether oxygens (including phenoxy) is 2. The number of fused-ring (bicyclic) bond motifs is 2. The molecule has 10 aromatic carbocycles. The summed E-state index contributed by atoms with van der Waals surface area (Å²) in [5, 5.41) is 27.3. The molecule has 2 aliphatic rings. The molecule has 0 unspecified atom stereocenters. The number of nitrogens with zero attached hydrogens (tertiary/aromatic N) is 10. The minimum absolute atomic E-state index is 0. The fraction of sp³-hybridized carbons (Fsp3) is 0.124. The monoisotopic (exact) mass is 1760 g/mol. The Morgan fingerprint density at radius 1 is 0.496 bits per heavy atom. The van der Waals surface area contributed by atoms with Crippen molar-refractivity contribution < 1.29 is 44.6 Å². The van der Waals surface area contributed by atoms with E-state index in [-0.39, 0.29) is 60.0 Å². The quantitative estimate of drug-likeness (QED) is 0.0452. The van der Waals surface area contributed by atoms with Gasteiger partial charge in [0.15, 0.2) is 11.6 Å². The molecule has 20 nitrogen and oxygen atoms in total. The third-order valence-electron chi connectivity index (χ3n) is 17.4. The summed E-state index contributed by atoms with van der Waals surface area (Å²) < 4.78 is 16.0. The summed E-state index contributed by atoms with van der Waals surface area (Å²) >= 11 is 3.29. The second-order valence-corrected chi connectivity index (χ2v) is 32.9. The van der Waals surface area contributed by atoms with Crippen molar-refractivity contribution >= 4 is 118 Å². The van der Waals surface area contributed by atoms with Gasteiger partial charge in [-0.2, -0.15) is 0 Å². The van der Waals surface area contributed by atoms with Gasteiger partial charge in [0.1, 0.15) is 48.4 Å². The summed E-state index contributed by atoms with van der Waals surface area (Å²) in [5.41, 5.74) is 3.98. The van der Waals surface area contributed by atoms with E-state index in [1.807, 2.05) is 104 Å². The molecule has 584 valence electrons. The zero-order valence-electron chi connectivity index (χ0n) is 62.2. The molecule has 115 heavy (non-hydrogen) atoms. The van der Waals surface area contributed by atoms with Crippen LogP contribution in [0.25, 0.3) is 0 Å². The second kappa shape index (κ2) is 43.9. The Hall–Kier alpha value is -11.9. The van der Waals surface area contributed by atoms with Gasteiger partial charge in [-0.3, -0.25) is 29.4 Å². The smallest absolute Gasteiger partial charge is 0.0134 e. The Bertz CT molecular complexity index is 5230.